The van der Waals surface area contributed by atoms with Gasteiger partial charge in [-0.25, -0.2) is 9.78 Å². The lowest BCUT2D eigenvalue weighted by molar-refractivity contribution is 0.0586. The van der Waals surface area contributed by atoms with Crippen molar-refractivity contribution >= 4 is 5.97 Å². The van der Waals surface area contributed by atoms with Crippen LogP contribution in [-0.2, 0) is 11.3 Å². The van der Waals surface area contributed by atoms with Crippen molar-refractivity contribution in [1.29, 1.82) is 0 Å². The van der Waals surface area contributed by atoms with Crippen LogP contribution in [0.15, 0.2) is 18.5 Å². The molecule has 1 heterocycles. The van der Waals surface area contributed by atoms with Crippen molar-refractivity contribution in [3.8, 4) is 0 Å². The third kappa shape index (κ3) is 3.53. The topological polar surface area (TPSA) is 57.0 Å². The largest absolute Gasteiger partial charge is 0.463 e. The Morgan fingerprint density at radius 3 is 3.07 bits per heavy atom. The van der Waals surface area contributed by atoms with Gasteiger partial charge in [0.05, 0.1) is 7.11 Å². The van der Waals surface area contributed by atoms with Gasteiger partial charge in [-0.2, -0.15) is 0 Å². The number of carbonyl (C=O) groups excluding carboxylic acids is 1. The third-order valence-corrected chi connectivity index (χ3v) is 1.83. The van der Waals surface area contributed by atoms with Crippen LogP contribution in [0.2, 0.25) is 0 Å². The summed E-state index contributed by atoms with van der Waals surface area (Å²) in [5.41, 5.74) is 0. The first-order chi connectivity index (χ1) is 7.27. The van der Waals surface area contributed by atoms with Gasteiger partial charge in [0, 0.05) is 6.54 Å². The first kappa shape index (κ1) is 11.4. The van der Waals surface area contributed by atoms with E-state index in [1.54, 1.807) is 4.68 Å². The molecule has 0 spiro atoms. The first-order valence-corrected chi connectivity index (χ1v) is 4.90. The molecule has 0 saturated heterocycles. The zero-order valence-corrected chi connectivity index (χ0v) is 9.01. The average molecular weight is 209 g/mol. The molecule has 1 aromatic rings. The molecule has 5 nitrogen and oxygen atoms in total. The van der Waals surface area contributed by atoms with Gasteiger partial charge in [-0.3, -0.25) is 4.68 Å². The summed E-state index contributed by atoms with van der Waals surface area (Å²) in [6.45, 7) is 2.81. The molecule has 1 aromatic heterocycles. The van der Waals surface area contributed by atoms with Gasteiger partial charge in [0.2, 0.25) is 0 Å². The van der Waals surface area contributed by atoms with E-state index in [4.69, 9.17) is 0 Å². The van der Waals surface area contributed by atoms with Crippen molar-refractivity contribution < 1.29 is 9.53 Å². The summed E-state index contributed by atoms with van der Waals surface area (Å²) in [7, 11) is 1.31. The predicted octanol–water partition coefficient (Wildman–Crippen LogP) is 1.42. The van der Waals surface area contributed by atoms with Crippen LogP contribution in [0.3, 0.4) is 0 Å². The molecule has 0 bridgehead atoms. The van der Waals surface area contributed by atoms with Crippen LogP contribution in [0.5, 0.6) is 0 Å². The Balaban J connectivity index is 2.46. The van der Waals surface area contributed by atoms with Gasteiger partial charge in [-0.1, -0.05) is 19.1 Å². The summed E-state index contributed by atoms with van der Waals surface area (Å²) in [5.74, 6) is -0.394. The van der Waals surface area contributed by atoms with Gasteiger partial charge < -0.3 is 4.74 Å². The SMILES string of the molecule is CC/C=C/CCn1cnc(C(=O)OC)n1. The highest BCUT2D eigenvalue weighted by Gasteiger charge is 2.10. The summed E-state index contributed by atoms with van der Waals surface area (Å²) in [5, 5.41) is 3.98. The maximum absolute atomic E-state index is 11.0. The quantitative estimate of drug-likeness (QED) is 0.543. The number of ether oxygens (including phenoxy) is 1. The van der Waals surface area contributed by atoms with E-state index in [-0.39, 0.29) is 5.82 Å². The van der Waals surface area contributed by atoms with Crippen molar-refractivity contribution in [3.63, 3.8) is 0 Å². The molecule has 0 aliphatic rings. The summed E-state index contributed by atoms with van der Waals surface area (Å²) < 4.78 is 6.13. The standard InChI is InChI=1S/C10H15N3O2/c1-3-4-5-6-7-13-8-11-9(12-13)10(14)15-2/h4-5,8H,3,6-7H2,1-2H3/b5-4+. The van der Waals surface area contributed by atoms with Crippen molar-refractivity contribution in [2.24, 2.45) is 0 Å². The summed E-state index contributed by atoms with van der Waals surface area (Å²) in [6, 6.07) is 0. The van der Waals surface area contributed by atoms with Crippen LogP contribution in [0.1, 0.15) is 30.4 Å². The summed E-state index contributed by atoms with van der Waals surface area (Å²) >= 11 is 0. The Hall–Kier alpha value is -1.65. The molecule has 0 aliphatic carbocycles. The lowest BCUT2D eigenvalue weighted by Crippen LogP contribution is -2.05. The Kier molecular flexibility index (Phi) is 4.53. The molecule has 0 amide bonds. The fourth-order valence-electron chi connectivity index (χ4n) is 1.08. The highest BCUT2D eigenvalue weighted by Crippen LogP contribution is 1.95. The first-order valence-electron chi connectivity index (χ1n) is 4.90. The molecule has 0 N–H and O–H groups in total. The number of aromatic nitrogens is 3. The third-order valence-electron chi connectivity index (χ3n) is 1.83. The zero-order chi connectivity index (χ0) is 11.1. The molecule has 0 radical (unpaired) electrons. The van der Waals surface area contributed by atoms with E-state index in [2.05, 4.69) is 33.9 Å². The molecule has 0 unspecified atom stereocenters. The number of hydrogen-bond donors (Lipinski definition) is 0. The van der Waals surface area contributed by atoms with Gasteiger partial charge in [0.25, 0.3) is 5.82 Å². The van der Waals surface area contributed by atoms with Crippen molar-refractivity contribution in [1.82, 2.24) is 14.8 Å². The second kappa shape index (κ2) is 5.95. The van der Waals surface area contributed by atoms with Gasteiger partial charge in [-0.15, -0.1) is 5.10 Å². The number of rotatable bonds is 5. The molecule has 0 aromatic carbocycles. The van der Waals surface area contributed by atoms with Crippen LogP contribution in [0.25, 0.3) is 0 Å². The van der Waals surface area contributed by atoms with E-state index in [0.717, 1.165) is 19.4 Å². The van der Waals surface area contributed by atoms with Crippen LogP contribution in [-0.4, -0.2) is 27.8 Å². The van der Waals surface area contributed by atoms with E-state index in [0.29, 0.717) is 0 Å². The normalized spacial score (nSPS) is 10.8. The molecular formula is C10H15N3O2. The van der Waals surface area contributed by atoms with Gasteiger partial charge >= 0.3 is 5.97 Å². The highest BCUT2D eigenvalue weighted by molar-refractivity contribution is 5.84. The maximum atomic E-state index is 11.0. The van der Waals surface area contributed by atoms with E-state index in [1.807, 2.05) is 0 Å². The van der Waals surface area contributed by atoms with E-state index in [1.165, 1.54) is 13.4 Å². The molecule has 0 atom stereocenters. The molecule has 0 saturated carbocycles. The second-order valence-corrected chi connectivity index (χ2v) is 2.99. The minimum Gasteiger partial charge on any atom is -0.463 e. The fourth-order valence-corrected chi connectivity index (χ4v) is 1.08. The monoisotopic (exact) mass is 209 g/mol. The van der Waals surface area contributed by atoms with Gasteiger partial charge in [0.1, 0.15) is 6.33 Å². The number of methoxy groups -OCH3 is 1. The molecule has 0 fully saturated rings. The van der Waals surface area contributed by atoms with Crippen LogP contribution in [0.4, 0.5) is 0 Å². The van der Waals surface area contributed by atoms with E-state index < -0.39 is 5.97 Å². The Labute approximate surface area is 88.8 Å². The van der Waals surface area contributed by atoms with Crippen LogP contribution >= 0.6 is 0 Å². The smallest absolute Gasteiger partial charge is 0.377 e. The van der Waals surface area contributed by atoms with Crippen molar-refractivity contribution in [2.45, 2.75) is 26.3 Å². The number of esters is 1. The zero-order valence-electron chi connectivity index (χ0n) is 9.01. The highest BCUT2D eigenvalue weighted by atomic mass is 16.5. The molecule has 15 heavy (non-hydrogen) atoms. The summed E-state index contributed by atoms with van der Waals surface area (Å²) in [4.78, 5) is 14.9. The van der Waals surface area contributed by atoms with Crippen LogP contribution in [0, 0.1) is 0 Å². The van der Waals surface area contributed by atoms with E-state index >= 15 is 0 Å². The lowest BCUT2D eigenvalue weighted by Gasteiger charge is -1.95. The Morgan fingerprint density at radius 2 is 2.40 bits per heavy atom. The number of nitrogens with zero attached hydrogens (tertiary/aromatic N) is 3. The van der Waals surface area contributed by atoms with Crippen molar-refractivity contribution in [3.05, 3.63) is 24.3 Å². The second-order valence-electron chi connectivity index (χ2n) is 2.99. The number of carbonyl (C=O) groups is 1. The molecule has 82 valence electrons. The Morgan fingerprint density at radius 1 is 1.60 bits per heavy atom. The maximum Gasteiger partial charge on any atom is 0.377 e. The summed E-state index contributed by atoms with van der Waals surface area (Å²) in [6.07, 6.45) is 7.63. The minimum atomic E-state index is -0.502. The van der Waals surface area contributed by atoms with Crippen LogP contribution < -0.4 is 0 Å². The molecule has 1 rings (SSSR count). The molecule has 5 heteroatoms. The van der Waals surface area contributed by atoms with Gasteiger partial charge in [-0.05, 0) is 12.8 Å². The number of hydrogen-bond acceptors (Lipinski definition) is 4. The van der Waals surface area contributed by atoms with Crippen molar-refractivity contribution in [2.75, 3.05) is 7.11 Å². The van der Waals surface area contributed by atoms with E-state index in [9.17, 15) is 4.79 Å². The molecule has 0 aliphatic heterocycles. The number of allylic oxidation sites excluding steroid dienone is 2. The van der Waals surface area contributed by atoms with Gasteiger partial charge in [0.15, 0.2) is 0 Å². The average Bonchev–Trinajstić information content (AvgIpc) is 2.72. The Bertz CT molecular complexity index is 344. The fraction of sp³-hybridized carbons (Fsp3) is 0.500. The predicted molar refractivity (Wildman–Crippen MR) is 55.4 cm³/mol. The number of aryl methyl sites for hydroxylation is 1. The lowest BCUT2D eigenvalue weighted by atomic mass is 10.3. The molecular weight excluding hydrogens is 194 g/mol. The minimum absolute atomic E-state index is 0.108.